The number of pyridine rings is 2. The normalized spacial score (nSPS) is 19.5. The van der Waals surface area contributed by atoms with Gasteiger partial charge in [0.25, 0.3) is 0 Å². The monoisotopic (exact) mass is 545 g/mol. The highest BCUT2D eigenvalue weighted by Gasteiger charge is 2.37. The number of alkyl carbamates (subject to hydrolysis) is 1. The number of amides is 1. The van der Waals surface area contributed by atoms with Crippen LogP contribution in [0.1, 0.15) is 33.4 Å². The molecule has 2 aromatic heterocycles. The smallest absolute Gasteiger partial charge is 0.408 e. The largest absolute Gasteiger partial charge is 0.444 e. The van der Waals surface area contributed by atoms with Crippen molar-refractivity contribution >= 4 is 17.5 Å². The van der Waals surface area contributed by atoms with E-state index in [0.29, 0.717) is 23.6 Å². The van der Waals surface area contributed by atoms with E-state index >= 15 is 4.39 Å². The number of halogens is 4. The Morgan fingerprint density at radius 1 is 1.08 bits per heavy atom. The van der Waals surface area contributed by atoms with Crippen molar-refractivity contribution in [2.24, 2.45) is 5.92 Å². The molecule has 3 atom stereocenters. The third-order valence-electron chi connectivity index (χ3n) is 6.26. The Labute approximate surface area is 224 Å². The van der Waals surface area contributed by atoms with Gasteiger partial charge in [-0.15, -0.1) is 0 Å². The summed E-state index contributed by atoms with van der Waals surface area (Å²) in [6.45, 7) is 7.63. The van der Waals surface area contributed by atoms with E-state index < -0.39 is 58.5 Å². The van der Waals surface area contributed by atoms with Gasteiger partial charge in [0, 0.05) is 25.2 Å². The number of nitrogens with zero attached hydrogens (tertiary/aromatic N) is 3. The molecule has 0 bridgehead atoms. The molecular weight excluding hydrogens is 514 g/mol. The van der Waals surface area contributed by atoms with Gasteiger partial charge >= 0.3 is 6.09 Å². The Morgan fingerprint density at radius 3 is 2.49 bits per heavy atom. The molecule has 0 radical (unpaired) electrons. The van der Waals surface area contributed by atoms with Crippen LogP contribution in [0.5, 0.6) is 0 Å². The standard InChI is InChI=1S/C28H31F4N5O2/c1-16-14-37(15-22(25(16)32)36-27(38)39-28(2,3)4)23-10-11-33-13-21(23)34-12-17-8-9-20(31)26(35-17)24-18(29)6-5-7-19(24)30/h5-11,13,16,22,25,34H,12,14-15H2,1-4H3,(H,36,38)/t16-,22+,25+/m0/s1. The molecule has 0 unspecified atom stereocenters. The van der Waals surface area contributed by atoms with Crippen molar-refractivity contribution in [1.82, 2.24) is 15.3 Å². The van der Waals surface area contributed by atoms with E-state index in [9.17, 15) is 18.0 Å². The Kier molecular flexibility index (Phi) is 8.27. The Bertz CT molecular complexity index is 1310. The topological polar surface area (TPSA) is 79.4 Å². The van der Waals surface area contributed by atoms with Crippen LogP contribution in [-0.4, -0.2) is 47.0 Å². The minimum Gasteiger partial charge on any atom is -0.444 e. The number of piperidine rings is 1. The molecule has 0 spiro atoms. The van der Waals surface area contributed by atoms with Crippen LogP contribution in [0.3, 0.4) is 0 Å². The average molecular weight is 546 g/mol. The van der Waals surface area contributed by atoms with Crippen LogP contribution in [0.2, 0.25) is 0 Å². The molecule has 4 rings (SSSR count). The van der Waals surface area contributed by atoms with Crippen LogP contribution in [0, 0.1) is 23.4 Å². The van der Waals surface area contributed by atoms with Gasteiger partial charge in [-0.25, -0.2) is 27.3 Å². The first kappa shape index (κ1) is 28.1. The molecule has 208 valence electrons. The highest BCUT2D eigenvalue weighted by Crippen LogP contribution is 2.32. The lowest BCUT2D eigenvalue weighted by molar-refractivity contribution is 0.0442. The van der Waals surface area contributed by atoms with Crippen molar-refractivity contribution in [3.8, 4) is 11.3 Å². The maximum atomic E-state index is 15.0. The lowest BCUT2D eigenvalue weighted by Gasteiger charge is -2.41. The van der Waals surface area contributed by atoms with Crippen LogP contribution in [0.4, 0.5) is 33.7 Å². The van der Waals surface area contributed by atoms with Gasteiger partial charge in [-0.2, -0.15) is 0 Å². The average Bonchev–Trinajstić information content (AvgIpc) is 2.86. The van der Waals surface area contributed by atoms with Crippen LogP contribution < -0.4 is 15.5 Å². The Morgan fingerprint density at radius 2 is 1.79 bits per heavy atom. The lowest BCUT2D eigenvalue weighted by atomic mass is 9.93. The fourth-order valence-corrected chi connectivity index (χ4v) is 4.50. The zero-order valence-corrected chi connectivity index (χ0v) is 22.1. The SMILES string of the molecule is C[C@H]1CN(c2ccncc2NCc2ccc(F)c(-c3c(F)cccc3F)n2)C[C@@H](NC(=O)OC(C)(C)C)[C@@H]1F. The third-order valence-corrected chi connectivity index (χ3v) is 6.26. The van der Waals surface area contributed by atoms with Crippen LogP contribution in [0.15, 0.2) is 48.8 Å². The summed E-state index contributed by atoms with van der Waals surface area (Å²) >= 11 is 0. The molecule has 11 heteroatoms. The van der Waals surface area contributed by atoms with Gasteiger partial charge in [-0.3, -0.25) is 4.98 Å². The quantitative estimate of drug-likeness (QED) is 0.378. The first-order chi connectivity index (χ1) is 18.4. The molecule has 3 heterocycles. The number of anilines is 2. The van der Waals surface area contributed by atoms with Crippen LogP contribution in [-0.2, 0) is 11.3 Å². The lowest BCUT2D eigenvalue weighted by Crippen LogP contribution is -2.57. The number of benzene rings is 1. The van der Waals surface area contributed by atoms with E-state index in [4.69, 9.17) is 4.74 Å². The van der Waals surface area contributed by atoms with Crippen LogP contribution in [0.25, 0.3) is 11.3 Å². The number of carbonyl (C=O) groups is 1. The van der Waals surface area contributed by atoms with Gasteiger partial charge in [0.2, 0.25) is 0 Å². The number of aromatic nitrogens is 2. The molecule has 1 aliphatic heterocycles. The van der Waals surface area contributed by atoms with E-state index in [0.717, 1.165) is 18.2 Å². The van der Waals surface area contributed by atoms with E-state index in [2.05, 4.69) is 20.6 Å². The van der Waals surface area contributed by atoms with Gasteiger partial charge in [0.1, 0.15) is 34.9 Å². The molecule has 3 aromatic rings. The van der Waals surface area contributed by atoms with Crippen molar-refractivity contribution < 1.29 is 27.1 Å². The van der Waals surface area contributed by atoms with Gasteiger partial charge < -0.3 is 20.3 Å². The second kappa shape index (κ2) is 11.5. The highest BCUT2D eigenvalue weighted by molar-refractivity contribution is 5.71. The van der Waals surface area contributed by atoms with E-state index in [1.54, 1.807) is 46.2 Å². The predicted molar refractivity (Wildman–Crippen MR) is 141 cm³/mol. The summed E-state index contributed by atoms with van der Waals surface area (Å²) in [6, 6.07) is 6.76. The van der Waals surface area contributed by atoms with Gasteiger partial charge in [-0.1, -0.05) is 13.0 Å². The molecule has 0 aliphatic carbocycles. The van der Waals surface area contributed by atoms with Gasteiger partial charge in [0.05, 0.1) is 41.4 Å². The summed E-state index contributed by atoms with van der Waals surface area (Å²) in [7, 11) is 0. The van der Waals surface area contributed by atoms with Crippen molar-refractivity contribution in [1.29, 1.82) is 0 Å². The number of carbonyl (C=O) groups excluding carboxylic acids is 1. The number of rotatable bonds is 6. The Hall–Kier alpha value is -3.89. The first-order valence-electron chi connectivity index (χ1n) is 12.6. The number of hydrogen-bond acceptors (Lipinski definition) is 6. The summed E-state index contributed by atoms with van der Waals surface area (Å²) in [5.74, 6) is -3.07. The summed E-state index contributed by atoms with van der Waals surface area (Å²) in [4.78, 5) is 22.6. The molecule has 1 fully saturated rings. The molecule has 1 saturated heterocycles. The molecule has 39 heavy (non-hydrogen) atoms. The van der Waals surface area contributed by atoms with Gasteiger partial charge in [-0.05, 0) is 51.1 Å². The molecule has 1 amide bonds. The minimum atomic E-state index is -1.27. The molecule has 2 N–H and O–H groups in total. The van der Waals surface area contributed by atoms with Crippen molar-refractivity contribution in [3.05, 3.63) is 71.9 Å². The van der Waals surface area contributed by atoms with Crippen LogP contribution >= 0.6 is 0 Å². The maximum Gasteiger partial charge on any atom is 0.408 e. The number of nitrogens with one attached hydrogen (secondary N) is 2. The van der Waals surface area contributed by atoms with Crippen molar-refractivity contribution in [2.75, 3.05) is 23.3 Å². The van der Waals surface area contributed by atoms with E-state index in [1.807, 2.05) is 4.90 Å². The predicted octanol–water partition coefficient (Wildman–Crippen LogP) is 5.86. The first-order valence-corrected chi connectivity index (χ1v) is 12.6. The molecule has 1 aromatic carbocycles. The zero-order valence-electron chi connectivity index (χ0n) is 22.1. The number of hydrogen-bond donors (Lipinski definition) is 2. The summed E-state index contributed by atoms with van der Waals surface area (Å²) in [5, 5.41) is 5.83. The van der Waals surface area contributed by atoms with Gasteiger partial charge in [0.15, 0.2) is 0 Å². The third kappa shape index (κ3) is 6.76. The molecule has 1 aliphatic rings. The Balaban J connectivity index is 1.52. The fraction of sp³-hybridized carbons (Fsp3) is 0.393. The minimum absolute atomic E-state index is 0.0940. The maximum absolute atomic E-state index is 15.0. The second-order valence-corrected chi connectivity index (χ2v) is 10.6. The molecule has 7 nitrogen and oxygen atoms in total. The second-order valence-electron chi connectivity index (χ2n) is 10.6. The summed E-state index contributed by atoms with van der Waals surface area (Å²) in [5.41, 5.74) is -0.0458. The van der Waals surface area contributed by atoms with E-state index in [-0.39, 0.29) is 13.1 Å². The summed E-state index contributed by atoms with van der Waals surface area (Å²) < 4.78 is 63.4. The zero-order chi connectivity index (χ0) is 28.3. The number of ether oxygens (including phenoxy) is 1. The fourth-order valence-electron chi connectivity index (χ4n) is 4.50. The highest BCUT2D eigenvalue weighted by atomic mass is 19.1. The molecular formula is C28H31F4N5O2. The number of alkyl halides is 1. The molecule has 0 saturated carbocycles. The van der Waals surface area contributed by atoms with Crippen molar-refractivity contribution in [3.63, 3.8) is 0 Å². The summed E-state index contributed by atoms with van der Waals surface area (Å²) in [6.07, 6.45) is 1.21. The van der Waals surface area contributed by atoms with E-state index in [1.165, 1.54) is 12.1 Å². The van der Waals surface area contributed by atoms with Crippen molar-refractivity contribution in [2.45, 2.75) is 52.1 Å².